The molecule has 1 unspecified atom stereocenters. The second-order valence-electron chi connectivity index (χ2n) is 8.31. The van der Waals surface area contributed by atoms with Crippen LogP contribution in [0.4, 0.5) is 18.9 Å². The average Bonchev–Trinajstić information content (AvgIpc) is 3.27. The van der Waals surface area contributed by atoms with Crippen molar-refractivity contribution < 1.29 is 23.1 Å². The summed E-state index contributed by atoms with van der Waals surface area (Å²) in [6, 6.07) is 17.0. The average molecular weight is 497 g/mol. The molecule has 5 nitrogen and oxygen atoms in total. The number of aliphatic carboxylic acids is 1. The number of anilines is 1. The number of nitrogens with zero attached hydrogens (tertiary/aromatic N) is 1. The van der Waals surface area contributed by atoms with Gasteiger partial charge in [0.1, 0.15) is 11.7 Å². The van der Waals surface area contributed by atoms with Crippen LogP contribution in [-0.2, 0) is 17.4 Å². The van der Waals surface area contributed by atoms with E-state index in [2.05, 4.69) is 0 Å². The molecule has 178 valence electrons. The summed E-state index contributed by atoms with van der Waals surface area (Å²) >= 11 is 1.14. The first-order chi connectivity index (χ1) is 16.7. The molecule has 3 N–H and O–H groups in total. The van der Waals surface area contributed by atoms with E-state index in [1.54, 1.807) is 0 Å². The molecule has 0 spiro atoms. The van der Waals surface area contributed by atoms with E-state index < -0.39 is 29.3 Å². The van der Waals surface area contributed by atoms with Crippen molar-refractivity contribution in [1.29, 1.82) is 0 Å². The van der Waals surface area contributed by atoms with Gasteiger partial charge < -0.3 is 10.8 Å². The molecule has 9 heteroatoms. The maximum atomic E-state index is 13.5. The molecule has 1 aliphatic heterocycles. The van der Waals surface area contributed by atoms with Gasteiger partial charge in [-0.15, -0.1) is 11.8 Å². The van der Waals surface area contributed by atoms with Gasteiger partial charge in [0.2, 0.25) is 0 Å². The number of rotatable bonds is 4. The number of alkyl halides is 3. The van der Waals surface area contributed by atoms with Crippen LogP contribution in [0.1, 0.15) is 22.7 Å². The van der Waals surface area contributed by atoms with Gasteiger partial charge in [-0.3, -0.25) is 9.36 Å². The summed E-state index contributed by atoms with van der Waals surface area (Å²) < 4.78 is 41.7. The molecule has 0 radical (unpaired) electrons. The fourth-order valence-corrected chi connectivity index (χ4v) is 5.89. The third kappa shape index (κ3) is 3.95. The molecule has 1 aliphatic rings. The van der Waals surface area contributed by atoms with Gasteiger partial charge in [-0.1, -0.05) is 54.6 Å². The van der Waals surface area contributed by atoms with Crippen molar-refractivity contribution in [3.63, 3.8) is 0 Å². The van der Waals surface area contributed by atoms with Gasteiger partial charge in [0.25, 0.3) is 5.56 Å². The van der Waals surface area contributed by atoms with Gasteiger partial charge in [-0.05, 0) is 39.6 Å². The van der Waals surface area contributed by atoms with Gasteiger partial charge >= 0.3 is 12.1 Å². The molecule has 3 aromatic carbocycles. The van der Waals surface area contributed by atoms with E-state index in [0.717, 1.165) is 44.8 Å². The Morgan fingerprint density at radius 3 is 2.54 bits per heavy atom. The first-order valence-corrected chi connectivity index (χ1v) is 11.7. The molecular weight excluding hydrogens is 477 g/mol. The molecule has 0 amide bonds. The summed E-state index contributed by atoms with van der Waals surface area (Å²) in [5, 5.41) is 11.9. The van der Waals surface area contributed by atoms with Crippen molar-refractivity contribution in [3.05, 3.63) is 93.8 Å². The molecule has 0 aliphatic carbocycles. The molecule has 2 heterocycles. The van der Waals surface area contributed by atoms with Crippen LogP contribution in [0.25, 0.3) is 21.9 Å². The minimum atomic E-state index is -4.57. The molecule has 5 rings (SSSR count). The first kappa shape index (κ1) is 23.0. The van der Waals surface area contributed by atoms with Crippen LogP contribution in [0.3, 0.4) is 0 Å². The van der Waals surface area contributed by atoms with Gasteiger partial charge in [0.15, 0.2) is 0 Å². The molecule has 1 atom stereocenters. The summed E-state index contributed by atoms with van der Waals surface area (Å²) in [6.45, 7) is 0. The zero-order valence-electron chi connectivity index (χ0n) is 18.2. The summed E-state index contributed by atoms with van der Waals surface area (Å²) in [6.07, 6.45) is -4.37. The summed E-state index contributed by atoms with van der Waals surface area (Å²) in [4.78, 5) is 25.1. The molecule has 0 saturated heterocycles. The summed E-state index contributed by atoms with van der Waals surface area (Å²) in [5.74, 6) is -1.12. The monoisotopic (exact) mass is 496 g/mol. The predicted molar refractivity (Wildman–Crippen MR) is 130 cm³/mol. The zero-order chi connectivity index (χ0) is 24.9. The highest BCUT2D eigenvalue weighted by atomic mass is 32.2. The van der Waals surface area contributed by atoms with E-state index in [-0.39, 0.29) is 23.4 Å². The Kier molecular flexibility index (Phi) is 5.59. The van der Waals surface area contributed by atoms with E-state index in [0.29, 0.717) is 16.2 Å². The normalized spacial score (nSPS) is 15.3. The Morgan fingerprint density at radius 1 is 1.09 bits per heavy atom. The lowest BCUT2D eigenvalue weighted by Gasteiger charge is -2.20. The summed E-state index contributed by atoms with van der Waals surface area (Å²) in [7, 11) is 0. The van der Waals surface area contributed by atoms with Crippen LogP contribution >= 0.6 is 11.8 Å². The number of hydrogen-bond acceptors (Lipinski definition) is 4. The van der Waals surface area contributed by atoms with Gasteiger partial charge in [0, 0.05) is 17.7 Å². The summed E-state index contributed by atoms with van der Waals surface area (Å²) in [5.41, 5.74) is 6.48. The first-order valence-electron chi connectivity index (χ1n) is 10.7. The SMILES string of the molecule is Nc1c(Cc2cccc3ccccc23)c(-c2cccc(C(F)(F)F)c2)c2n(c1=O)C(C(=O)O)CS2. The quantitative estimate of drug-likeness (QED) is 0.385. The number of benzene rings is 3. The zero-order valence-corrected chi connectivity index (χ0v) is 19.0. The highest BCUT2D eigenvalue weighted by Crippen LogP contribution is 2.44. The topological polar surface area (TPSA) is 85.3 Å². The van der Waals surface area contributed by atoms with Crippen LogP contribution in [0, 0.1) is 0 Å². The van der Waals surface area contributed by atoms with Gasteiger partial charge in [-0.25, -0.2) is 4.79 Å². The Hall–Kier alpha value is -3.72. The lowest BCUT2D eigenvalue weighted by atomic mass is 9.92. The molecule has 0 saturated carbocycles. The van der Waals surface area contributed by atoms with Gasteiger partial charge in [-0.2, -0.15) is 13.2 Å². The Balaban J connectivity index is 1.80. The largest absolute Gasteiger partial charge is 0.480 e. The number of nitrogens with two attached hydrogens (primary N) is 1. The van der Waals surface area contributed by atoms with E-state index in [1.165, 1.54) is 12.1 Å². The number of carboxylic acids is 1. The van der Waals surface area contributed by atoms with Crippen molar-refractivity contribution in [2.24, 2.45) is 0 Å². The minimum Gasteiger partial charge on any atom is -0.480 e. The van der Waals surface area contributed by atoms with E-state index in [4.69, 9.17) is 5.73 Å². The molecule has 0 bridgehead atoms. The lowest BCUT2D eigenvalue weighted by Crippen LogP contribution is -2.31. The number of nitrogen functional groups attached to an aromatic ring is 1. The van der Waals surface area contributed by atoms with Crippen molar-refractivity contribution >= 4 is 34.2 Å². The predicted octanol–water partition coefficient (Wildman–Crippen LogP) is 5.59. The standard InChI is InChI=1S/C26H19F3N2O3S/c27-26(28,29)17-9-4-8-16(11-17)21-19(12-15-7-3-6-14-5-1-2-10-18(14)15)22(30)23(32)31-20(25(33)34)13-35-24(21)31/h1-11,20H,12-13,30H2,(H,33,34). The van der Waals surface area contributed by atoms with E-state index >= 15 is 0 Å². The van der Waals surface area contributed by atoms with Crippen LogP contribution in [-0.4, -0.2) is 21.4 Å². The minimum absolute atomic E-state index is 0.0771. The molecule has 1 aromatic heterocycles. The second-order valence-corrected chi connectivity index (χ2v) is 9.31. The van der Waals surface area contributed by atoms with Crippen LogP contribution in [0.5, 0.6) is 0 Å². The third-order valence-electron chi connectivity index (χ3n) is 6.21. The maximum Gasteiger partial charge on any atom is 0.416 e. The highest BCUT2D eigenvalue weighted by Gasteiger charge is 2.36. The fourth-order valence-electron chi connectivity index (χ4n) is 4.54. The van der Waals surface area contributed by atoms with Gasteiger partial charge in [0.05, 0.1) is 10.6 Å². The number of hydrogen-bond donors (Lipinski definition) is 2. The number of halogens is 3. The number of carboxylic acid groups (broad SMARTS) is 1. The van der Waals surface area contributed by atoms with Crippen LogP contribution in [0.15, 0.2) is 76.6 Å². The maximum absolute atomic E-state index is 13.5. The fraction of sp³-hybridized carbons (Fsp3) is 0.154. The number of carbonyl (C=O) groups is 1. The molecule has 4 aromatic rings. The van der Waals surface area contributed by atoms with E-state index in [9.17, 15) is 27.9 Å². The Bertz CT molecular complexity index is 1540. The van der Waals surface area contributed by atoms with Crippen LogP contribution < -0.4 is 11.3 Å². The van der Waals surface area contributed by atoms with Crippen LogP contribution in [0.2, 0.25) is 0 Å². The number of aromatic nitrogens is 1. The lowest BCUT2D eigenvalue weighted by molar-refractivity contribution is -0.140. The smallest absolute Gasteiger partial charge is 0.416 e. The molecule has 0 fully saturated rings. The van der Waals surface area contributed by atoms with Crippen molar-refractivity contribution in [3.8, 4) is 11.1 Å². The highest BCUT2D eigenvalue weighted by molar-refractivity contribution is 7.99. The number of pyridine rings is 1. The molecular formula is C26H19F3N2O3S. The number of thioether (sulfide) groups is 1. The number of fused-ring (bicyclic) bond motifs is 2. The van der Waals surface area contributed by atoms with Crippen molar-refractivity contribution in [2.75, 3.05) is 11.5 Å². The van der Waals surface area contributed by atoms with E-state index in [1.807, 2.05) is 42.5 Å². The van der Waals surface area contributed by atoms with Crippen molar-refractivity contribution in [1.82, 2.24) is 4.57 Å². The Morgan fingerprint density at radius 2 is 1.80 bits per heavy atom. The van der Waals surface area contributed by atoms with Crippen molar-refractivity contribution in [2.45, 2.75) is 23.7 Å². The molecule has 35 heavy (non-hydrogen) atoms. The Labute approximate surface area is 202 Å². The third-order valence-corrected chi connectivity index (χ3v) is 7.37. The second kappa shape index (κ2) is 8.49.